The summed E-state index contributed by atoms with van der Waals surface area (Å²) >= 11 is 0. The molecule has 0 radical (unpaired) electrons. The normalized spacial score (nSPS) is 27.8. The highest BCUT2D eigenvalue weighted by Gasteiger charge is 2.41. The van der Waals surface area contributed by atoms with Gasteiger partial charge in [-0.1, -0.05) is 12.5 Å². The summed E-state index contributed by atoms with van der Waals surface area (Å²) in [6, 6.07) is 6.00. The van der Waals surface area contributed by atoms with Crippen LogP contribution in [0.5, 0.6) is 0 Å². The van der Waals surface area contributed by atoms with Crippen molar-refractivity contribution < 1.29 is 17.9 Å². The Bertz CT molecular complexity index is 655. The number of hydrogen-bond acceptors (Lipinski definition) is 4. The zero-order valence-electron chi connectivity index (χ0n) is 11.9. The number of rotatable bonds is 4. The van der Waals surface area contributed by atoms with Crippen LogP contribution in [0.25, 0.3) is 0 Å². The molecule has 0 aliphatic heterocycles. The first-order chi connectivity index (χ1) is 9.99. The molecule has 0 amide bonds. The smallest absolute Gasteiger partial charge is 0.337 e. The van der Waals surface area contributed by atoms with Gasteiger partial charge in [0.15, 0.2) is 0 Å². The average Bonchev–Trinajstić information content (AvgIpc) is 3.08. The van der Waals surface area contributed by atoms with Crippen LogP contribution in [0.3, 0.4) is 0 Å². The Hall–Kier alpha value is -1.40. The monoisotopic (exact) mass is 309 g/mol. The molecule has 2 aliphatic carbocycles. The van der Waals surface area contributed by atoms with Crippen LogP contribution >= 0.6 is 0 Å². The Morgan fingerprint density at radius 2 is 2.10 bits per heavy atom. The molecular weight excluding hydrogens is 290 g/mol. The van der Waals surface area contributed by atoms with Gasteiger partial charge >= 0.3 is 5.97 Å². The number of ether oxygens (including phenoxy) is 1. The minimum atomic E-state index is -3.59. The lowest BCUT2D eigenvalue weighted by molar-refractivity contribution is 0.0600. The summed E-state index contributed by atoms with van der Waals surface area (Å²) in [7, 11) is -2.31. The molecule has 114 valence electrons. The number of carbonyl (C=O) groups is 1. The SMILES string of the molecule is COC(=O)c1cccc(S(=O)(=O)N[C@@H]2C[C@H]3CC[C@H]2C3)c1. The van der Waals surface area contributed by atoms with Crippen molar-refractivity contribution in [2.45, 2.75) is 36.6 Å². The average molecular weight is 309 g/mol. The van der Waals surface area contributed by atoms with Crippen molar-refractivity contribution in [1.29, 1.82) is 0 Å². The summed E-state index contributed by atoms with van der Waals surface area (Å²) in [4.78, 5) is 11.6. The fourth-order valence-electron chi connectivity index (χ4n) is 3.56. The lowest BCUT2D eigenvalue weighted by atomic mass is 9.96. The van der Waals surface area contributed by atoms with E-state index in [1.165, 1.54) is 25.7 Å². The molecule has 2 bridgehead atoms. The molecule has 5 nitrogen and oxygen atoms in total. The van der Waals surface area contributed by atoms with Crippen molar-refractivity contribution >= 4 is 16.0 Å². The van der Waals surface area contributed by atoms with Crippen molar-refractivity contribution in [3.63, 3.8) is 0 Å². The van der Waals surface area contributed by atoms with Gasteiger partial charge in [0.2, 0.25) is 10.0 Å². The number of carbonyl (C=O) groups excluding carboxylic acids is 1. The molecule has 1 aromatic rings. The highest BCUT2D eigenvalue weighted by atomic mass is 32.2. The Labute approximate surface area is 124 Å². The van der Waals surface area contributed by atoms with E-state index < -0.39 is 16.0 Å². The summed E-state index contributed by atoms with van der Waals surface area (Å²) in [5.74, 6) is 0.602. The van der Waals surface area contributed by atoms with E-state index in [9.17, 15) is 13.2 Å². The molecule has 0 saturated heterocycles. The van der Waals surface area contributed by atoms with Crippen LogP contribution in [-0.4, -0.2) is 27.5 Å². The van der Waals surface area contributed by atoms with E-state index in [2.05, 4.69) is 9.46 Å². The van der Waals surface area contributed by atoms with Gasteiger partial charge in [-0.05, 0) is 49.3 Å². The molecule has 0 heterocycles. The molecule has 6 heteroatoms. The third-order valence-electron chi connectivity index (χ3n) is 4.61. The van der Waals surface area contributed by atoms with Crippen LogP contribution in [0.4, 0.5) is 0 Å². The third-order valence-corrected chi connectivity index (χ3v) is 6.10. The Morgan fingerprint density at radius 1 is 1.29 bits per heavy atom. The third kappa shape index (κ3) is 2.82. The second kappa shape index (κ2) is 5.42. The number of methoxy groups -OCH3 is 1. The van der Waals surface area contributed by atoms with E-state index in [4.69, 9.17) is 0 Å². The molecular formula is C15H19NO4S. The van der Waals surface area contributed by atoms with E-state index in [1.807, 2.05) is 0 Å². The Kier molecular flexibility index (Phi) is 3.75. The number of hydrogen-bond donors (Lipinski definition) is 1. The number of esters is 1. The predicted octanol–water partition coefficient (Wildman–Crippen LogP) is 1.94. The molecule has 3 atom stereocenters. The lowest BCUT2D eigenvalue weighted by Gasteiger charge is -2.22. The highest BCUT2D eigenvalue weighted by Crippen LogP contribution is 2.44. The Balaban J connectivity index is 1.80. The molecule has 2 fully saturated rings. The van der Waals surface area contributed by atoms with Gasteiger partial charge < -0.3 is 4.74 Å². The molecule has 0 aromatic heterocycles. The van der Waals surface area contributed by atoms with Gasteiger partial charge in [-0.3, -0.25) is 0 Å². The van der Waals surface area contributed by atoms with Crippen molar-refractivity contribution in [3.8, 4) is 0 Å². The number of nitrogens with one attached hydrogen (secondary N) is 1. The maximum absolute atomic E-state index is 12.5. The molecule has 2 aliphatic rings. The van der Waals surface area contributed by atoms with Gasteiger partial charge in [0.05, 0.1) is 17.6 Å². The second-order valence-corrected chi connectivity index (χ2v) is 7.64. The number of fused-ring (bicyclic) bond motifs is 2. The summed E-state index contributed by atoms with van der Waals surface area (Å²) in [5.41, 5.74) is 0.244. The van der Waals surface area contributed by atoms with Gasteiger partial charge in [0, 0.05) is 6.04 Å². The van der Waals surface area contributed by atoms with Gasteiger partial charge in [-0.2, -0.15) is 0 Å². The minimum Gasteiger partial charge on any atom is -0.465 e. The van der Waals surface area contributed by atoms with E-state index in [0.717, 1.165) is 19.3 Å². The number of benzene rings is 1. The van der Waals surface area contributed by atoms with Crippen LogP contribution in [0.2, 0.25) is 0 Å². The van der Waals surface area contributed by atoms with E-state index >= 15 is 0 Å². The van der Waals surface area contributed by atoms with Crippen LogP contribution in [0, 0.1) is 11.8 Å². The van der Waals surface area contributed by atoms with E-state index in [0.29, 0.717) is 11.8 Å². The molecule has 0 unspecified atom stereocenters. The van der Waals surface area contributed by atoms with Crippen molar-refractivity contribution in [3.05, 3.63) is 29.8 Å². The molecule has 21 heavy (non-hydrogen) atoms. The zero-order valence-corrected chi connectivity index (χ0v) is 12.7. The first kappa shape index (κ1) is 14.5. The Morgan fingerprint density at radius 3 is 2.71 bits per heavy atom. The summed E-state index contributed by atoms with van der Waals surface area (Å²) < 4.78 is 32.4. The maximum Gasteiger partial charge on any atom is 0.337 e. The van der Waals surface area contributed by atoms with E-state index in [1.54, 1.807) is 12.1 Å². The first-order valence-corrected chi connectivity index (χ1v) is 8.68. The highest BCUT2D eigenvalue weighted by molar-refractivity contribution is 7.89. The summed E-state index contributed by atoms with van der Waals surface area (Å²) in [6.07, 6.45) is 4.40. The summed E-state index contributed by atoms with van der Waals surface area (Å²) in [5, 5.41) is 0. The van der Waals surface area contributed by atoms with Crippen LogP contribution in [0.1, 0.15) is 36.0 Å². The molecule has 0 spiro atoms. The van der Waals surface area contributed by atoms with Crippen molar-refractivity contribution in [1.82, 2.24) is 4.72 Å². The van der Waals surface area contributed by atoms with E-state index in [-0.39, 0.29) is 16.5 Å². The fraction of sp³-hybridized carbons (Fsp3) is 0.533. The predicted molar refractivity (Wildman–Crippen MR) is 77.3 cm³/mol. The fourth-order valence-corrected chi connectivity index (χ4v) is 4.93. The quantitative estimate of drug-likeness (QED) is 0.863. The van der Waals surface area contributed by atoms with Gasteiger partial charge in [0.25, 0.3) is 0 Å². The molecule has 1 N–H and O–H groups in total. The topological polar surface area (TPSA) is 72.5 Å². The van der Waals surface area contributed by atoms with Crippen LogP contribution < -0.4 is 4.72 Å². The summed E-state index contributed by atoms with van der Waals surface area (Å²) in [6.45, 7) is 0. The van der Waals surface area contributed by atoms with Crippen LogP contribution in [-0.2, 0) is 14.8 Å². The lowest BCUT2D eigenvalue weighted by Crippen LogP contribution is -2.38. The van der Waals surface area contributed by atoms with Gasteiger partial charge in [0.1, 0.15) is 0 Å². The number of sulfonamides is 1. The van der Waals surface area contributed by atoms with Gasteiger partial charge in [-0.15, -0.1) is 0 Å². The molecule has 2 saturated carbocycles. The molecule has 3 rings (SSSR count). The van der Waals surface area contributed by atoms with Gasteiger partial charge in [-0.25, -0.2) is 17.9 Å². The van der Waals surface area contributed by atoms with Crippen molar-refractivity contribution in [2.24, 2.45) is 11.8 Å². The largest absolute Gasteiger partial charge is 0.465 e. The second-order valence-electron chi connectivity index (χ2n) is 5.92. The van der Waals surface area contributed by atoms with Crippen molar-refractivity contribution in [2.75, 3.05) is 7.11 Å². The molecule has 1 aromatic carbocycles. The van der Waals surface area contributed by atoms with Crippen LogP contribution in [0.15, 0.2) is 29.2 Å². The first-order valence-electron chi connectivity index (χ1n) is 7.20. The minimum absolute atomic E-state index is 0.0375. The standard InChI is InChI=1S/C15H19NO4S/c1-20-15(17)12-3-2-4-13(9-12)21(18,19)16-14-8-10-5-6-11(14)7-10/h2-4,9-11,14,16H,5-8H2,1H3/t10-,11-,14+/m0/s1. The maximum atomic E-state index is 12.5. The zero-order chi connectivity index (χ0) is 15.0.